The minimum Gasteiger partial charge on any atom is -0.454 e. The number of aryl methyl sites for hydroxylation is 1. The van der Waals surface area contributed by atoms with Gasteiger partial charge in [0, 0.05) is 28.9 Å². The molecule has 1 N–H and O–H groups in total. The zero-order chi connectivity index (χ0) is 15.7. The van der Waals surface area contributed by atoms with Crippen molar-refractivity contribution < 1.29 is 19.2 Å². The predicted molar refractivity (Wildman–Crippen MR) is 78.4 cm³/mol. The molecule has 0 aromatic heterocycles. The van der Waals surface area contributed by atoms with Crippen molar-refractivity contribution in [2.24, 2.45) is 0 Å². The Bertz CT molecular complexity index is 773. The summed E-state index contributed by atoms with van der Waals surface area (Å²) in [6, 6.07) is 9.30. The predicted octanol–water partition coefficient (Wildman–Crippen LogP) is 2.88. The zero-order valence-electron chi connectivity index (χ0n) is 11.7. The quantitative estimate of drug-likeness (QED) is 0.695. The van der Waals surface area contributed by atoms with E-state index in [4.69, 9.17) is 9.47 Å². The van der Waals surface area contributed by atoms with Crippen LogP contribution in [-0.2, 0) is 0 Å². The second-order valence-corrected chi connectivity index (χ2v) is 4.78. The van der Waals surface area contributed by atoms with E-state index in [-0.39, 0.29) is 18.4 Å². The summed E-state index contributed by atoms with van der Waals surface area (Å²) in [7, 11) is 0. The van der Waals surface area contributed by atoms with Crippen LogP contribution in [0.3, 0.4) is 0 Å². The molecule has 22 heavy (non-hydrogen) atoms. The Kier molecular flexibility index (Phi) is 3.38. The fourth-order valence-corrected chi connectivity index (χ4v) is 2.18. The van der Waals surface area contributed by atoms with E-state index in [1.54, 1.807) is 25.1 Å². The Morgan fingerprint density at radius 2 is 1.95 bits per heavy atom. The van der Waals surface area contributed by atoms with Crippen molar-refractivity contribution in [3.63, 3.8) is 0 Å². The molecule has 1 amide bonds. The molecule has 0 saturated heterocycles. The first kappa shape index (κ1) is 13.9. The number of carbonyl (C=O) groups excluding carboxylic acids is 1. The maximum absolute atomic E-state index is 12.2. The van der Waals surface area contributed by atoms with Gasteiger partial charge in [-0.1, -0.05) is 0 Å². The van der Waals surface area contributed by atoms with E-state index in [1.165, 1.54) is 18.2 Å². The first-order chi connectivity index (χ1) is 10.5. The van der Waals surface area contributed by atoms with Crippen molar-refractivity contribution >= 4 is 17.3 Å². The lowest BCUT2D eigenvalue weighted by molar-refractivity contribution is -0.385. The topological polar surface area (TPSA) is 90.7 Å². The van der Waals surface area contributed by atoms with Gasteiger partial charge in [-0.3, -0.25) is 14.9 Å². The van der Waals surface area contributed by atoms with E-state index < -0.39 is 4.92 Å². The molecule has 0 aliphatic carbocycles. The van der Waals surface area contributed by atoms with Crippen LogP contribution >= 0.6 is 0 Å². The second-order valence-electron chi connectivity index (χ2n) is 4.78. The van der Waals surface area contributed by atoms with E-state index in [2.05, 4.69) is 5.32 Å². The molecule has 0 saturated carbocycles. The van der Waals surface area contributed by atoms with Gasteiger partial charge in [-0.25, -0.2) is 0 Å². The van der Waals surface area contributed by atoms with Gasteiger partial charge < -0.3 is 14.8 Å². The Hall–Kier alpha value is -3.09. The smallest absolute Gasteiger partial charge is 0.272 e. The number of nitrogens with one attached hydrogen (secondary N) is 1. The maximum atomic E-state index is 12.2. The highest BCUT2D eigenvalue weighted by molar-refractivity contribution is 6.04. The third-order valence-electron chi connectivity index (χ3n) is 3.29. The molecule has 0 bridgehead atoms. The monoisotopic (exact) mass is 300 g/mol. The number of amides is 1. The summed E-state index contributed by atoms with van der Waals surface area (Å²) in [4.78, 5) is 22.5. The largest absolute Gasteiger partial charge is 0.454 e. The minimum atomic E-state index is -0.477. The number of rotatable bonds is 3. The molecular weight excluding hydrogens is 288 g/mol. The number of nitro benzene ring substituents is 1. The standard InChI is InChI=1S/C15H12N2O5/c1-9-6-10(2-4-12(9)17(19)20)15(18)16-11-3-5-13-14(7-11)22-8-21-13/h2-7H,8H2,1H3,(H,16,18). The third kappa shape index (κ3) is 2.56. The van der Waals surface area contributed by atoms with Crippen LogP contribution in [0.25, 0.3) is 0 Å². The number of benzene rings is 2. The average molecular weight is 300 g/mol. The van der Waals surface area contributed by atoms with Gasteiger partial charge in [-0.05, 0) is 31.2 Å². The van der Waals surface area contributed by atoms with Gasteiger partial charge in [-0.15, -0.1) is 0 Å². The second kappa shape index (κ2) is 5.36. The average Bonchev–Trinajstić information content (AvgIpc) is 2.94. The highest BCUT2D eigenvalue weighted by atomic mass is 16.7. The van der Waals surface area contributed by atoms with Gasteiger partial charge in [0.15, 0.2) is 11.5 Å². The summed E-state index contributed by atoms with van der Waals surface area (Å²) in [6.07, 6.45) is 0. The Balaban J connectivity index is 1.80. The summed E-state index contributed by atoms with van der Waals surface area (Å²) in [5.41, 5.74) is 1.33. The fraction of sp³-hybridized carbons (Fsp3) is 0.133. The van der Waals surface area contributed by atoms with Crippen LogP contribution in [0.5, 0.6) is 11.5 Å². The van der Waals surface area contributed by atoms with E-state index >= 15 is 0 Å². The summed E-state index contributed by atoms with van der Waals surface area (Å²) in [6.45, 7) is 1.75. The highest BCUT2D eigenvalue weighted by Gasteiger charge is 2.16. The van der Waals surface area contributed by atoms with Crippen LogP contribution in [0.15, 0.2) is 36.4 Å². The van der Waals surface area contributed by atoms with Gasteiger partial charge in [0.1, 0.15) is 0 Å². The molecule has 7 nitrogen and oxygen atoms in total. The summed E-state index contributed by atoms with van der Waals surface area (Å²) in [5.74, 6) is 0.846. The summed E-state index contributed by atoms with van der Waals surface area (Å²) in [5, 5.41) is 13.5. The molecule has 2 aromatic rings. The van der Waals surface area contributed by atoms with Gasteiger partial charge in [0.05, 0.1) is 4.92 Å². The van der Waals surface area contributed by atoms with Crippen molar-refractivity contribution in [1.82, 2.24) is 0 Å². The van der Waals surface area contributed by atoms with Crippen LogP contribution in [0, 0.1) is 17.0 Å². The number of ether oxygens (including phenoxy) is 2. The first-order valence-corrected chi connectivity index (χ1v) is 6.50. The minimum absolute atomic E-state index is 0.0142. The van der Waals surface area contributed by atoms with E-state index in [0.29, 0.717) is 28.3 Å². The Morgan fingerprint density at radius 1 is 1.18 bits per heavy atom. The molecular formula is C15H12N2O5. The molecule has 0 radical (unpaired) electrons. The first-order valence-electron chi connectivity index (χ1n) is 6.50. The molecule has 112 valence electrons. The van der Waals surface area contributed by atoms with Crippen LogP contribution in [-0.4, -0.2) is 17.6 Å². The number of carbonyl (C=O) groups is 1. The molecule has 7 heteroatoms. The SMILES string of the molecule is Cc1cc(C(=O)Nc2ccc3c(c2)OCO3)ccc1[N+](=O)[O-]. The van der Waals surface area contributed by atoms with Gasteiger partial charge in [0.2, 0.25) is 6.79 Å². The fourth-order valence-electron chi connectivity index (χ4n) is 2.18. The zero-order valence-corrected chi connectivity index (χ0v) is 11.7. The number of nitrogens with zero attached hydrogens (tertiary/aromatic N) is 1. The Morgan fingerprint density at radius 3 is 2.68 bits per heavy atom. The molecule has 0 unspecified atom stereocenters. The third-order valence-corrected chi connectivity index (χ3v) is 3.29. The lowest BCUT2D eigenvalue weighted by Gasteiger charge is -2.07. The molecule has 3 rings (SSSR count). The van der Waals surface area contributed by atoms with Crippen LogP contribution in [0.1, 0.15) is 15.9 Å². The summed E-state index contributed by atoms with van der Waals surface area (Å²) >= 11 is 0. The number of nitro groups is 1. The van der Waals surface area contributed by atoms with Crippen molar-refractivity contribution in [2.75, 3.05) is 12.1 Å². The lowest BCUT2D eigenvalue weighted by atomic mass is 10.1. The molecule has 0 atom stereocenters. The van der Waals surface area contributed by atoms with Crippen molar-refractivity contribution in [2.45, 2.75) is 6.92 Å². The number of hydrogen-bond donors (Lipinski definition) is 1. The molecule has 1 aliphatic heterocycles. The van der Waals surface area contributed by atoms with Crippen LogP contribution in [0.4, 0.5) is 11.4 Å². The molecule has 1 aliphatic rings. The molecule has 0 fully saturated rings. The van der Waals surface area contributed by atoms with Gasteiger partial charge in [-0.2, -0.15) is 0 Å². The Labute approximate surface area is 125 Å². The molecule has 1 heterocycles. The van der Waals surface area contributed by atoms with Crippen molar-refractivity contribution in [3.05, 3.63) is 57.6 Å². The van der Waals surface area contributed by atoms with Gasteiger partial charge in [0.25, 0.3) is 11.6 Å². The van der Waals surface area contributed by atoms with Gasteiger partial charge >= 0.3 is 0 Å². The lowest BCUT2D eigenvalue weighted by Crippen LogP contribution is -2.12. The van der Waals surface area contributed by atoms with Crippen molar-refractivity contribution in [1.29, 1.82) is 0 Å². The van der Waals surface area contributed by atoms with Crippen LogP contribution < -0.4 is 14.8 Å². The molecule has 2 aromatic carbocycles. The number of hydrogen-bond acceptors (Lipinski definition) is 5. The maximum Gasteiger partial charge on any atom is 0.272 e. The number of fused-ring (bicyclic) bond motifs is 1. The normalized spacial score (nSPS) is 12.0. The van der Waals surface area contributed by atoms with E-state index in [9.17, 15) is 14.9 Å². The number of anilines is 1. The van der Waals surface area contributed by atoms with E-state index in [1.807, 2.05) is 0 Å². The van der Waals surface area contributed by atoms with E-state index in [0.717, 1.165) is 0 Å². The van der Waals surface area contributed by atoms with Crippen molar-refractivity contribution in [3.8, 4) is 11.5 Å². The molecule has 0 spiro atoms. The van der Waals surface area contributed by atoms with Crippen LogP contribution in [0.2, 0.25) is 0 Å². The summed E-state index contributed by atoms with van der Waals surface area (Å²) < 4.78 is 10.4. The highest BCUT2D eigenvalue weighted by Crippen LogP contribution is 2.34.